The molecule has 2 fully saturated rings. The number of carbonyl (C=O) groups excluding carboxylic acids is 1. The van der Waals surface area contributed by atoms with Gasteiger partial charge in [0.25, 0.3) is 0 Å². The molecule has 2 aliphatic rings. The second kappa shape index (κ2) is 6.21. The zero-order valence-corrected chi connectivity index (χ0v) is 15.0. The van der Waals surface area contributed by atoms with Gasteiger partial charge < -0.3 is 14.6 Å². The first-order chi connectivity index (χ1) is 11.5. The number of pyridine rings is 1. The van der Waals surface area contributed by atoms with Gasteiger partial charge in [-0.1, -0.05) is 23.2 Å². The van der Waals surface area contributed by atoms with Crippen molar-refractivity contribution in [3.05, 3.63) is 34.2 Å². The van der Waals surface area contributed by atoms with Gasteiger partial charge in [-0.25, -0.2) is 4.98 Å². The zero-order chi connectivity index (χ0) is 16.8. The number of carbonyl (C=O) groups is 1. The molecule has 0 spiro atoms. The van der Waals surface area contributed by atoms with E-state index < -0.39 is 0 Å². The highest BCUT2D eigenvalue weighted by molar-refractivity contribution is 6.36. The molecule has 2 bridgehead atoms. The highest BCUT2D eigenvalue weighted by atomic mass is 35.5. The monoisotopic (exact) mass is 366 g/mol. The molecule has 0 aliphatic carbocycles. The van der Waals surface area contributed by atoms with Crippen LogP contribution in [0.25, 0.3) is 5.65 Å². The normalized spacial score (nSPS) is 26.0. The SMILES string of the molecule is CN(C(=O)Cc1cn2cc(Cl)cc(Cl)c2n1)C1CC2CCC(C1)N2. The fraction of sp³-hybridized carbons (Fsp3) is 0.529. The van der Waals surface area contributed by atoms with Crippen molar-refractivity contribution in [3.8, 4) is 0 Å². The Labute approximate surface area is 150 Å². The van der Waals surface area contributed by atoms with Gasteiger partial charge in [-0.05, 0) is 31.7 Å². The number of imidazole rings is 1. The van der Waals surface area contributed by atoms with Crippen LogP contribution in [0.1, 0.15) is 31.4 Å². The van der Waals surface area contributed by atoms with Crippen LogP contribution in [0.2, 0.25) is 10.0 Å². The Balaban J connectivity index is 1.48. The van der Waals surface area contributed by atoms with E-state index in [1.807, 2.05) is 18.1 Å². The average molecular weight is 367 g/mol. The summed E-state index contributed by atoms with van der Waals surface area (Å²) in [6.07, 6.45) is 8.41. The Morgan fingerprint density at radius 2 is 2.04 bits per heavy atom. The third-order valence-corrected chi connectivity index (χ3v) is 5.73. The zero-order valence-electron chi connectivity index (χ0n) is 13.5. The summed E-state index contributed by atoms with van der Waals surface area (Å²) < 4.78 is 1.78. The Morgan fingerprint density at radius 3 is 2.75 bits per heavy atom. The van der Waals surface area contributed by atoms with Crippen molar-refractivity contribution in [1.29, 1.82) is 0 Å². The second-order valence-corrected chi connectivity index (χ2v) is 7.76. The minimum atomic E-state index is 0.104. The van der Waals surface area contributed by atoms with Crippen LogP contribution in [0.3, 0.4) is 0 Å². The minimum Gasteiger partial charge on any atom is -0.342 e. The van der Waals surface area contributed by atoms with Gasteiger partial charge in [0.15, 0.2) is 5.65 Å². The third-order valence-electron chi connectivity index (χ3n) is 5.24. The van der Waals surface area contributed by atoms with E-state index in [-0.39, 0.29) is 12.3 Å². The van der Waals surface area contributed by atoms with Crippen LogP contribution >= 0.6 is 23.2 Å². The molecule has 0 aromatic carbocycles. The predicted octanol–water partition coefficient (Wildman–Crippen LogP) is 2.93. The van der Waals surface area contributed by atoms with Crippen molar-refractivity contribution in [3.63, 3.8) is 0 Å². The highest BCUT2D eigenvalue weighted by Crippen LogP contribution is 2.29. The molecule has 2 saturated heterocycles. The number of fused-ring (bicyclic) bond motifs is 3. The Kier molecular flexibility index (Phi) is 4.19. The maximum absolute atomic E-state index is 12.7. The van der Waals surface area contributed by atoms with Gasteiger partial charge in [0.05, 0.1) is 22.2 Å². The number of aromatic nitrogens is 2. The fourth-order valence-electron chi connectivity index (χ4n) is 3.99. The first kappa shape index (κ1) is 16.2. The topological polar surface area (TPSA) is 49.6 Å². The molecular formula is C17H20Cl2N4O. The lowest BCUT2D eigenvalue weighted by Gasteiger charge is -2.35. The Hall–Kier alpha value is -1.30. The minimum absolute atomic E-state index is 0.104. The van der Waals surface area contributed by atoms with Crippen LogP contribution in [0, 0.1) is 0 Å². The first-order valence-corrected chi connectivity index (χ1v) is 9.09. The number of piperidine rings is 1. The van der Waals surface area contributed by atoms with Crippen molar-refractivity contribution in [2.24, 2.45) is 0 Å². The molecule has 2 aliphatic heterocycles. The van der Waals surface area contributed by atoms with Crippen LogP contribution in [0.5, 0.6) is 0 Å². The summed E-state index contributed by atoms with van der Waals surface area (Å²) in [7, 11) is 1.91. The molecule has 128 valence electrons. The molecule has 7 heteroatoms. The van der Waals surface area contributed by atoms with Crippen molar-refractivity contribution in [1.82, 2.24) is 19.6 Å². The lowest BCUT2D eigenvalue weighted by Crippen LogP contribution is -2.49. The average Bonchev–Trinajstić information content (AvgIpc) is 3.09. The number of likely N-dealkylation sites (N-methyl/N-ethyl adjacent to an activating group) is 1. The standard InChI is InChI=1S/C17H20Cl2N4O/c1-22(14-5-11-2-3-12(6-14)20-11)16(24)7-13-9-23-8-10(18)4-15(19)17(23)21-13/h4,8-9,11-12,14,20H,2-3,5-7H2,1H3. The molecule has 2 aromatic heterocycles. The molecule has 0 saturated carbocycles. The number of rotatable bonds is 3. The van der Waals surface area contributed by atoms with Gasteiger partial charge >= 0.3 is 0 Å². The summed E-state index contributed by atoms with van der Waals surface area (Å²) in [4.78, 5) is 19.1. The molecule has 1 N–H and O–H groups in total. The van der Waals surface area contributed by atoms with Crippen LogP contribution < -0.4 is 5.32 Å². The van der Waals surface area contributed by atoms with Crippen LogP contribution in [-0.2, 0) is 11.2 Å². The summed E-state index contributed by atoms with van der Waals surface area (Å²) in [6.45, 7) is 0. The van der Waals surface area contributed by atoms with Crippen molar-refractivity contribution in [2.45, 2.75) is 50.2 Å². The van der Waals surface area contributed by atoms with Crippen LogP contribution in [0.15, 0.2) is 18.5 Å². The van der Waals surface area contributed by atoms with E-state index in [0.717, 1.165) is 12.8 Å². The Morgan fingerprint density at radius 1 is 1.33 bits per heavy atom. The molecule has 5 nitrogen and oxygen atoms in total. The van der Waals surface area contributed by atoms with Crippen LogP contribution in [-0.4, -0.2) is 45.4 Å². The van der Waals surface area contributed by atoms with Crippen molar-refractivity contribution < 1.29 is 4.79 Å². The smallest absolute Gasteiger partial charge is 0.228 e. The van der Waals surface area contributed by atoms with Crippen LogP contribution in [0.4, 0.5) is 0 Å². The maximum atomic E-state index is 12.7. The molecule has 0 radical (unpaired) electrons. The number of halogens is 2. The molecule has 24 heavy (non-hydrogen) atoms. The summed E-state index contributed by atoms with van der Waals surface area (Å²) in [6, 6.07) is 3.13. The Bertz CT molecular complexity index is 778. The van der Waals surface area contributed by atoms with Gasteiger partial charge in [0.1, 0.15) is 0 Å². The summed E-state index contributed by atoms with van der Waals surface area (Å²) >= 11 is 12.2. The van der Waals surface area contributed by atoms with E-state index in [2.05, 4.69) is 10.3 Å². The maximum Gasteiger partial charge on any atom is 0.228 e. The van der Waals surface area contributed by atoms with Gasteiger partial charge in [-0.3, -0.25) is 4.79 Å². The molecule has 1 amide bonds. The molecule has 2 aromatic rings. The quantitative estimate of drug-likeness (QED) is 0.908. The molecule has 4 rings (SSSR count). The number of hydrogen-bond acceptors (Lipinski definition) is 3. The largest absolute Gasteiger partial charge is 0.342 e. The van der Waals surface area contributed by atoms with E-state index in [9.17, 15) is 4.79 Å². The lowest BCUT2D eigenvalue weighted by molar-refractivity contribution is -0.132. The molecule has 2 unspecified atom stereocenters. The van der Waals surface area contributed by atoms with Gasteiger partial charge in [0.2, 0.25) is 5.91 Å². The van der Waals surface area contributed by atoms with Gasteiger partial charge in [-0.15, -0.1) is 0 Å². The lowest BCUT2D eigenvalue weighted by atomic mass is 9.98. The number of nitrogens with zero attached hydrogens (tertiary/aromatic N) is 3. The summed E-state index contributed by atoms with van der Waals surface area (Å²) in [5.74, 6) is 0.104. The predicted molar refractivity (Wildman–Crippen MR) is 94.7 cm³/mol. The van der Waals surface area contributed by atoms with E-state index in [1.165, 1.54) is 12.8 Å². The van der Waals surface area contributed by atoms with E-state index >= 15 is 0 Å². The first-order valence-electron chi connectivity index (χ1n) is 8.34. The number of nitrogens with one attached hydrogen (secondary N) is 1. The summed E-state index contributed by atoms with van der Waals surface area (Å²) in [5.41, 5.74) is 1.35. The number of hydrogen-bond donors (Lipinski definition) is 1. The van der Waals surface area contributed by atoms with Gasteiger partial charge in [-0.2, -0.15) is 0 Å². The highest BCUT2D eigenvalue weighted by Gasteiger charge is 2.36. The van der Waals surface area contributed by atoms with E-state index in [0.29, 0.717) is 39.5 Å². The van der Waals surface area contributed by atoms with Crippen molar-refractivity contribution >= 4 is 34.8 Å². The third kappa shape index (κ3) is 3.01. The second-order valence-electron chi connectivity index (χ2n) is 6.91. The number of amides is 1. The van der Waals surface area contributed by atoms with Gasteiger partial charge in [0, 0.05) is 37.6 Å². The van der Waals surface area contributed by atoms with Crippen molar-refractivity contribution in [2.75, 3.05) is 7.05 Å². The molecular weight excluding hydrogens is 347 g/mol. The van der Waals surface area contributed by atoms with E-state index in [4.69, 9.17) is 23.2 Å². The molecule has 2 atom stereocenters. The van der Waals surface area contributed by atoms with E-state index in [1.54, 1.807) is 16.7 Å². The summed E-state index contributed by atoms with van der Waals surface area (Å²) in [5, 5.41) is 4.65. The molecule has 4 heterocycles. The fourth-order valence-corrected chi connectivity index (χ4v) is 4.51.